The predicted octanol–water partition coefficient (Wildman–Crippen LogP) is 16.6. The fourth-order valence-electron chi connectivity index (χ4n) is 11.1. The van der Waals surface area contributed by atoms with E-state index in [2.05, 4.69) is 212 Å². The molecule has 10 rings (SSSR count). The summed E-state index contributed by atoms with van der Waals surface area (Å²) < 4.78 is 0. The second kappa shape index (κ2) is 14.0. The Bertz CT molecular complexity index is 2740. The van der Waals surface area contributed by atoms with Crippen LogP contribution in [0.15, 0.2) is 152 Å². The van der Waals surface area contributed by atoms with E-state index in [4.69, 9.17) is 0 Å². The van der Waals surface area contributed by atoms with E-state index in [0.29, 0.717) is 0 Å². The second-order valence-corrected chi connectivity index (χ2v) is 20.5. The first-order valence-electron chi connectivity index (χ1n) is 22.4. The van der Waals surface area contributed by atoms with Gasteiger partial charge in [0.1, 0.15) is 0 Å². The van der Waals surface area contributed by atoms with Gasteiger partial charge in [-0.05, 0) is 126 Å². The molecule has 0 aromatic heterocycles. The third-order valence-corrected chi connectivity index (χ3v) is 14.4. The quantitative estimate of drug-likeness (QED) is 0.168. The van der Waals surface area contributed by atoms with Gasteiger partial charge in [0.05, 0.1) is 5.69 Å². The fourth-order valence-corrected chi connectivity index (χ4v) is 11.1. The maximum Gasteiger partial charge on any atom is 0.0540 e. The van der Waals surface area contributed by atoms with Crippen LogP contribution in [0.2, 0.25) is 0 Å². The number of anilines is 3. The second-order valence-electron chi connectivity index (χ2n) is 20.5. The van der Waals surface area contributed by atoms with Gasteiger partial charge in [-0.15, -0.1) is 0 Å². The molecule has 7 aromatic carbocycles. The van der Waals surface area contributed by atoms with E-state index in [1.54, 1.807) is 0 Å². The number of rotatable bonds is 5. The summed E-state index contributed by atoms with van der Waals surface area (Å²) in [7, 11) is 0. The summed E-state index contributed by atoms with van der Waals surface area (Å²) >= 11 is 0. The van der Waals surface area contributed by atoms with Crippen LogP contribution in [0, 0.1) is 0 Å². The zero-order valence-electron chi connectivity index (χ0n) is 36.9. The summed E-state index contributed by atoms with van der Waals surface area (Å²) in [6, 6.07) is 58.4. The van der Waals surface area contributed by atoms with Gasteiger partial charge in [0.25, 0.3) is 0 Å². The molecule has 0 atom stereocenters. The highest BCUT2D eigenvalue weighted by molar-refractivity contribution is 5.92. The Morgan fingerprint density at radius 3 is 1.62 bits per heavy atom. The molecule has 7 aromatic rings. The number of para-hydroxylation sites is 1. The normalized spacial score (nSPS) is 15.9. The van der Waals surface area contributed by atoms with Crippen molar-refractivity contribution in [2.24, 2.45) is 0 Å². The van der Waals surface area contributed by atoms with Crippen LogP contribution in [0.4, 0.5) is 17.1 Å². The lowest BCUT2D eigenvalue weighted by Gasteiger charge is -2.37. The molecule has 0 radical (unpaired) electrons. The van der Waals surface area contributed by atoms with Crippen molar-refractivity contribution in [2.45, 2.75) is 109 Å². The van der Waals surface area contributed by atoms with E-state index >= 15 is 0 Å². The van der Waals surface area contributed by atoms with E-state index < -0.39 is 0 Å². The average Bonchev–Trinajstić information content (AvgIpc) is 3.65. The number of hydrogen-bond donors (Lipinski definition) is 0. The molecule has 0 unspecified atom stereocenters. The van der Waals surface area contributed by atoms with Crippen LogP contribution in [-0.2, 0) is 21.7 Å². The highest BCUT2D eigenvalue weighted by Gasteiger charge is 2.44. The molecule has 0 aliphatic heterocycles. The third-order valence-electron chi connectivity index (χ3n) is 14.4. The minimum absolute atomic E-state index is 0.0112. The Kier molecular flexibility index (Phi) is 8.96. The molecule has 3 aliphatic rings. The number of nitrogens with zero attached hydrogens (tertiary/aromatic N) is 1. The molecule has 60 heavy (non-hydrogen) atoms. The van der Waals surface area contributed by atoms with Gasteiger partial charge in [-0.1, -0.05) is 196 Å². The van der Waals surface area contributed by atoms with Crippen molar-refractivity contribution in [3.63, 3.8) is 0 Å². The Hall–Kier alpha value is -5.66. The number of fused-ring (bicyclic) bond motifs is 8. The van der Waals surface area contributed by atoms with Crippen LogP contribution in [0.5, 0.6) is 0 Å². The maximum absolute atomic E-state index is 2.57. The summed E-state index contributed by atoms with van der Waals surface area (Å²) in [6.45, 7) is 18.8. The smallest absolute Gasteiger partial charge is 0.0540 e. The van der Waals surface area contributed by atoms with Crippen molar-refractivity contribution in [1.82, 2.24) is 0 Å². The topological polar surface area (TPSA) is 3.24 Å². The van der Waals surface area contributed by atoms with Gasteiger partial charge < -0.3 is 4.90 Å². The summed E-state index contributed by atoms with van der Waals surface area (Å²) in [5.74, 6) is 0. The molecule has 0 heterocycles. The minimum Gasteiger partial charge on any atom is -0.310 e. The monoisotopic (exact) mass is 781 g/mol. The van der Waals surface area contributed by atoms with Gasteiger partial charge in [0.2, 0.25) is 0 Å². The third kappa shape index (κ3) is 6.10. The van der Waals surface area contributed by atoms with Crippen LogP contribution in [0.3, 0.4) is 0 Å². The van der Waals surface area contributed by atoms with Gasteiger partial charge in [-0.2, -0.15) is 0 Å². The molecule has 0 amide bonds. The lowest BCUT2D eigenvalue weighted by Crippen LogP contribution is -2.28. The van der Waals surface area contributed by atoms with Crippen molar-refractivity contribution >= 4 is 17.1 Å². The van der Waals surface area contributed by atoms with Crippen LogP contribution in [-0.4, -0.2) is 0 Å². The molecular weight excluding hydrogens is 723 g/mol. The largest absolute Gasteiger partial charge is 0.310 e. The molecule has 0 N–H and O–H groups in total. The standard InChI is InChI=1S/C59H59N/c1-56(2,3)41-35-40(36-42(37-41)57(4,5)6)45-19-12-15-26-54(45)60(44-31-32-49-47-20-11-14-25-52(47)59(53(49)38-44)33-16-9-17-34-59)43-29-27-39(28-30-43)46-22-18-23-50-48-21-10-13-24-51(48)58(7,8)55(46)50/h10-15,18-32,35-38H,9,16-17,33-34H2,1-8H3. The van der Waals surface area contributed by atoms with Crippen LogP contribution >= 0.6 is 0 Å². The van der Waals surface area contributed by atoms with Crippen molar-refractivity contribution in [2.75, 3.05) is 4.90 Å². The SMILES string of the molecule is CC(C)(C)c1cc(-c2ccccc2N(c2ccc(-c3cccc4c3C(C)(C)c3ccccc3-4)cc2)c2ccc3c(c2)C2(CCCCC2)c2ccccc2-3)cc(C(C)(C)C)c1. The number of benzene rings is 7. The highest BCUT2D eigenvalue weighted by atomic mass is 15.1. The summed E-state index contributed by atoms with van der Waals surface area (Å²) in [5, 5.41) is 0. The Morgan fingerprint density at radius 1 is 0.417 bits per heavy atom. The molecule has 300 valence electrons. The minimum atomic E-state index is -0.0866. The summed E-state index contributed by atoms with van der Waals surface area (Å²) in [4.78, 5) is 2.55. The van der Waals surface area contributed by atoms with E-state index in [-0.39, 0.29) is 21.7 Å². The van der Waals surface area contributed by atoms with E-state index in [1.165, 1.54) is 121 Å². The van der Waals surface area contributed by atoms with Crippen molar-refractivity contribution in [3.8, 4) is 44.5 Å². The summed E-state index contributed by atoms with van der Waals surface area (Å²) in [5.41, 5.74) is 22.8. The van der Waals surface area contributed by atoms with Crippen LogP contribution in [0.1, 0.15) is 121 Å². The lowest BCUT2D eigenvalue weighted by atomic mass is 9.68. The Morgan fingerprint density at radius 2 is 0.950 bits per heavy atom. The van der Waals surface area contributed by atoms with Gasteiger partial charge in [-0.25, -0.2) is 0 Å². The molecule has 1 fully saturated rings. The van der Waals surface area contributed by atoms with Crippen LogP contribution < -0.4 is 4.90 Å². The molecule has 1 saturated carbocycles. The Labute approximate surface area is 359 Å². The van der Waals surface area contributed by atoms with E-state index in [1.807, 2.05) is 0 Å². The molecule has 0 bridgehead atoms. The van der Waals surface area contributed by atoms with Crippen LogP contribution in [0.25, 0.3) is 44.5 Å². The zero-order chi connectivity index (χ0) is 41.6. The lowest BCUT2D eigenvalue weighted by molar-refractivity contribution is 0.353. The first kappa shape index (κ1) is 38.5. The molecule has 0 saturated heterocycles. The highest BCUT2D eigenvalue weighted by Crippen LogP contribution is 2.57. The average molecular weight is 782 g/mol. The molecule has 3 aliphatic carbocycles. The first-order chi connectivity index (χ1) is 28.8. The van der Waals surface area contributed by atoms with Crippen molar-refractivity contribution < 1.29 is 0 Å². The molecule has 1 spiro atoms. The summed E-state index contributed by atoms with van der Waals surface area (Å²) in [6.07, 6.45) is 6.29. The first-order valence-corrected chi connectivity index (χ1v) is 22.4. The van der Waals surface area contributed by atoms with E-state index in [0.717, 1.165) is 5.69 Å². The maximum atomic E-state index is 2.57. The predicted molar refractivity (Wildman–Crippen MR) is 256 cm³/mol. The number of hydrogen-bond acceptors (Lipinski definition) is 1. The van der Waals surface area contributed by atoms with Gasteiger partial charge in [0, 0.05) is 27.8 Å². The molecule has 1 nitrogen and oxygen atoms in total. The Balaban J connectivity index is 1.17. The molecule has 1 heteroatoms. The van der Waals surface area contributed by atoms with Gasteiger partial charge in [0.15, 0.2) is 0 Å². The zero-order valence-corrected chi connectivity index (χ0v) is 36.9. The van der Waals surface area contributed by atoms with Crippen molar-refractivity contribution in [3.05, 3.63) is 185 Å². The van der Waals surface area contributed by atoms with Crippen molar-refractivity contribution in [1.29, 1.82) is 0 Å². The fraction of sp³-hybridized carbons (Fsp3) is 0.288. The van der Waals surface area contributed by atoms with Gasteiger partial charge in [-0.3, -0.25) is 0 Å². The van der Waals surface area contributed by atoms with Gasteiger partial charge >= 0.3 is 0 Å². The molecular formula is C59H59N. The van der Waals surface area contributed by atoms with E-state index in [9.17, 15) is 0 Å².